The van der Waals surface area contributed by atoms with E-state index in [2.05, 4.69) is 43.0 Å². The number of morpholine rings is 1. The molecule has 0 bridgehead atoms. The van der Waals surface area contributed by atoms with Crippen LogP contribution < -0.4 is 0 Å². The molecule has 0 aliphatic carbocycles. The van der Waals surface area contributed by atoms with Gasteiger partial charge in [-0.2, -0.15) is 5.10 Å². The number of carbonyl (C=O) groups excluding carboxylic acids is 1. The Morgan fingerprint density at radius 2 is 1.76 bits per heavy atom. The highest BCUT2D eigenvalue weighted by molar-refractivity contribution is 5.97. The van der Waals surface area contributed by atoms with Gasteiger partial charge in [-0.25, -0.2) is 9.67 Å². The number of carbonyl (C=O) groups is 1. The van der Waals surface area contributed by atoms with E-state index in [9.17, 15) is 4.79 Å². The second-order valence-electron chi connectivity index (χ2n) is 8.46. The molecule has 0 spiro atoms. The third-order valence-corrected chi connectivity index (χ3v) is 5.33. The summed E-state index contributed by atoms with van der Waals surface area (Å²) >= 11 is 0. The molecule has 4 rings (SSSR count). The van der Waals surface area contributed by atoms with Crippen LogP contribution in [0, 0.1) is 5.41 Å². The van der Waals surface area contributed by atoms with Crippen molar-refractivity contribution >= 4 is 5.91 Å². The highest BCUT2D eigenvalue weighted by atomic mass is 16.5. The summed E-state index contributed by atoms with van der Waals surface area (Å²) in [5, 5.41) is 4.20. The van der Waals surface area contributed by atoms with Crippen molar-refractivity contribution in [3.63, 3.8) is 0 Å². The molecule has 0 saturated carbocycles. The molecule has 1 aliphatic rings. The van der Waals surface area contributed by atoms with E-state index in [1.807, 2.05) is 47.4 Å². The lowest BCUT2D eigenvalue weighted by Crippen LogP contribution is -2.51. The maximum atomic E-state index is 13.6. The smallest absolute Gasteiger partial charge is 0.256 e. The Bertz CT molecular complexity index is 964. The van der Waals surface area contributed by atoms with Crippen molar-refractivity contribution in [2.45, 2.75) is 33.0 Å². The first kappa shape index (κ1) is 19.3. The van der Waals surface area contributed by atoms with Gasteiger partial charge in [0, 0.05) is 6.54 Å². The van der Waals surface area contributed by atoms with Crippen molar-refractivity contribution in [3.05, 3.63) is 78.4 Å². The Balaban J connectivity index is 1.67. The number of hydrogen-bond donors (Lipinski definition) is 0. The first-order valence-corrected chi connectivity index (χ1v) is 9.87. The van der Waals surface area contributed by atoms with E-state index < -0.39 is 0 Å². The van der Waals surface area contributed by atoms with Crippen LogP contribution in [-0.2, 0) is 4.74 Å². The molecule has 0 unspecified atom stereocenters. The summed E-state index contributed by atoms with van der Waals surface area (Å²) in [4.78, 5) is 19.5. The van der Waals surface area contributed by atoms with Gasteiger partial charge in [-0.3, -0.25) is 4.79 Å². The lowest BCUT2D eigenvalue weighted by molar-refractivity contribution is -0.119. The predicted octanol–water partition coefficient (Wildman–Crippen LogP) is 3.90. The number of nitrogens with zero attached hydrogens (tertiary/aromatic N) is 4. The first-order chi connectivity index (χ1) is 13.9. The third-order valence-electron chi connectivity index (χ3n) is 5.33. The molecule has 1 aromatic heterocycles. The molecule has 0 N–H and O–H groups in total. The molecular weight excluding hydrogens is 364 g/mol. The van der Waals surface area contributed by atoms with E-state index in [1.54, 1.807) is 11.0 Å². The van der Waals surface area contributed by atoms with E-state index in [4.69, 9.17) is 4.74 Å². The minimum atomic E-state index is -0.156. The SMILES string of the molecule is CC(C)(C)[C@H]1CN(C(=O)c2ccccc2-n2cncn2)C[C@@H](c2ccccc2)O1. The molecule has 1 saturated heterocycles. The van der Waals surface area contributed by atoms with E-state index >= 15 is 0 Å². The highest BCUT2D eigenvalue weighted by Crippen LogP contribution is 2.34. The number of para-hydroxylation sites is 1. The average molecular weight is 390 g/mol. The average Bonchev–Trinajstić information content (AvgIpc) is 3.28. The van der Waals surface area contributed by atoms with Crippen LogP contribution in [0.5, 0.6) is 0 Å². The van der Waals surface area contributed by atoms with Crippen LogP contribution in [0.15, 0.2) is 67.3 Å². The number of aromatic nitrogens is 3. The van der Waals surface area contributed by atoms with Gasteiger partial charge in [0.05, 0.1) is 23.9 Å². The number of rotatable bonds is 3. The fraction of sp³-hybridized carbons (Fsp3) is 0.348. The molecule has 1 amide bonds. The van der Waals surface area contributed by atoms with Gasteiger partial charge < -0.3 is 9.64 Å². The Hall–Kier alpha value is -2.99. The van der Waals surface area contributed by atoms with Gasteiger partial charge in [-0.15, -0.1) is 0 Å². The molecule has 2 atom stereocenters. The maximum absolute atomic E-state index is 13.6. The van der Waals surface area contributed by atoms with Gasteiger partial charge in [-0.1, -0.05) is 63.2 Å². The van der Waals surface area contributed by atoms with Gasteiger partial charge in [0.2, 0.25) is 0 Å². The minimum absolute atomic E-state index is 0.0189. The molecule has 6 nitrogen and oxygen atoms in total. The van der Waals surface area contributed by atoms with Gasteiger partial charge in [0.15, 0.2) is 0 Å². The predicted molar refractivity (Wildman–Crippen MR) is 111 cm³/mol. The summed E-state index contributed by atoms with van der Waals surface area (Å²) < 4.78 is 8.06. The number of hydrogen-bond acceptors (Lipinski definition) is 4. The van der Waals surface area contributed by atoms with Crippen LogP contribution in [0.1, 0.15) is 42.8 Å². The molecule has 6 heteroatoms. The fourth-order valence-electron chi connectivity index (χ4n) is 3.61. The summed E-state index contributed by atoms with van der Waals surface area (Å²) in [6.07, 6.45) is 2.85. The molecular formula is C23H26N4O2. The highest BCUT2D eigenvalue weighted by Gasteiger charge is 2.38. The normalized spacial score (nSPS) is 19.9. The lowest BCUT2D eigenvalue weighted by atomic mass is 9.87. The van der Waals surface area contributed by atoms with Crippen molar-refractivity contribution in [1.82, 2.24) is 19.7 Å². The molecule has 0 radical (unpaired) electrons. The van der Waals surface area contributed by atoms with Crippen LogP contribution in [0.3, 0.4) is 0 Å². The van der Waals surface area contributed by atoms with Crippen LogP contribution in [0.25, 0.3) is 5.69 Å². The largest absolute Gasteiger partial charge is 0.366 e. The monoisotopic (exact) mass is 390 g/mol. The zero-order valence-electron chi connectivity index (χ0n) is 17.0. The van der Waals surface area contributed by atoms with Crippen LogP contribution in [0.2, 0.25) is 0 Å². The first-order valence-electron chi connectivity index (χ1n) is 9.87. The van der Waals surface area contributed by atoms with Crippen molar-refractivity contribution in [2.75, 3.05) is 13.1 Å². The van der Waals surface area contributed by atoms with Gasteiger partial charge in [0.25, 0.3) is 5.91 Å². The Labute approximate surface area is 171 Å². The number of benzene rings is 2. The standard InChI is InChI=1S/C23H26N4O2/c1-23(2,3)21-14-26(13-20(29-21)17-9-5-4-6-10-17)22(28)18-11-7-8-12-19(18)27-16-24-15-25-27/h4-12,15-16,20-21H,13-14H2,1-3H3/t20-,21+/m0/s1. The van der Waals surface area contributed by atoms with E-state index in [-0.39, 0.29) is 23.5 Å². The quantitative estimate of drug-likeness (QED) is 0.681. The van der Waals surface area contributed by atoms with Crippen LogP contribution in [0.4, 0.5) is 0 Å². The third kappa shape index (κ3) is 4.07. The Morgan fingerprint density at radius 1 is 1.03 bits per heavy atom. The minimum Gasteiger partial charge on any atom is -0.366 e. The van der Waals surface area contributed by atoms with E-state index in [1.165, 1.54) is 6.33 Å². The maximum Gasteiger partial charge on any atom is 0.256 e. The molecule has 1 aliphatic heterocycles. The molecule has 29 heavy (non-hydrogen) atoms. The molecule has 2 heterocycles. The summed E-state index contributed by atoms with van der Waals surface area (Å²) in [5.41, 5.74) is 2.34. The zero-order chi connectivity index (χ0) is 20.4. The Kier molecular flexibility index (Phi) is 5.20. The van der Waals surface area contributed by atoms with Crippen molar-refractivity contribution < 1.29 is 9.53 Å². The fourth-order valence-corrected chi connectivity index (χ4v) is 3.61. The zero-order valence-corrected chi connectivity index (χ0v) is 17.0. The summed E-state index contributed by atoms with van der Waals surface area (Å²) in [5.74, 6) is -0.0189. The van der Waals surface area contributed by atoms with Crippen molar-refractivity contribution in [2.24, 2.45) is 5.41 Å². The van der Waals surface area contributed by atoms with E-state index in [0.29, 0.717) is 18.7 Å². The molecule has 1 fully saturated rings. The topological polar surface area (TPSA) is 60.2 Å². The number of amides is 1. The van der Waals surface area contributed by atoms with Crippen LogP contribution >= 0.6 is 0 Å². The van der Waals surface area contributed by atoms with Crippen molar-refractivity contribution in [1.29, 1.82) is 0 Å². The second kappa shape index (κ2) is 7.79. The van der Waals surface area contributed by atoms with Gasteiger partial charge in [0.1, 0.15) is 18.8 Å². The van der Waals surface area contributed by atoms with Gasteiger partial charge in [-0.05, 0) is 23.1 Å². The lowest BCUT2D eigenvalue weighted by Gasteiger charge is -2.43. The van der Waals surface area contributed by atoms with Gasteiger partial charge >= 0.3 is 0 Å². The van der Waals surface area contributed by atoms with E-state index in [0.717, 1.165) is 11.3 Å². The molecule has 2 aromatic carbocycles. The Morgan fingerprint density at radius 3 is 2.45 bits per heavy atom. The summed E-state index contributed by atoms with van der Waals surface area (Å²) in [6.45, 7) is 7.52. The van der Waals surface area contributed by atoms with Crippen molar-refractivity contribution in [3.8, 4) is 5.69 Å². The summed E-state index contributed by atoms with van der Waals surface area (Å²) in [7, 11) is 0. The second-order valence-corrected chi connectivity index (χ2v) is 8.46. The molecule has 150 valence electrons. The van der Waals surface area contributed by atoms with Crippen LogP contribution in [-0.4, -0.2) is 44.8 Å². The molecule has 3 aromatic rings. The number of ether oxygens (including phenoxy) is 1. The summed E-state index contributed by atoms with van der Waals surface area (Å²) in [6, 6.07) is 17.6.